The van der Waals surface area contributed by atoms with Gasteiger partial charge >= 0.3 is 0 Å². The van der Waals surface area contributed by atoms with Gasteiger partial charge in [-0.2, -0.15) is 4.39 Å². The summed E-state index contributed by atoms with van der Waals surface area (Å²) < 4.78 is 51.7. The first-order valence-corrected chi connectivity index (χ1v) is 13.5. The maximum atomic E-state index is 14.7. The highest BCUT2D eigenvalue weighted by atomic mass is 31.2. The van der Waals surface area contributed by atoms with Crippen molar-refractivity contribution in [1.82, 2.24) is 5.25 Å². The molecule has 31 heavy (non-hydrogen) atoms. The minimum atomic E-state index is -3.25. The van der Waals surface area contributed by atoms with Gasteiger partial charge in [0, 0.05) is 6.16 Å². The molecular formula is C23H38F2NO4P. The molecule has 1 aromatic carbocycles. The topological polar surface area (TPSA) is 67.8 Å². The summed E-state index contributed by atoms with van der Waals surface area (Å²) in [6, 6.07) is 3.18. The number of nitrogens with one attached hydrogen (secondary N) is 1. The van der Waals surface area contributed by atoms with Crippen molar-refractivity contribution in [3.8, 4) is 5.75 Å². The van der Waals surface area contributed by atoms with Crippen LogP contribution in [0.25, 0.3) is 0 Å². The van der Waals surface area contributed by atoms with Crippen LogP contribution < -0.4 is 9.99 Å². The third-order valence-corrected chi connectivity index (χ3v) is 8.06. The lowest BCUT2D eigenvalue weighted by Crippen LogP contribution is -2.15. The third-order valence-electron chi connectivity index (χ3n) is 6.17. The Kier molecular flexibility index (Phi) is 11.4. The number of ether oxygens (including phenoxy) is 1. The highest BCUT2D eigenvalue weighted by Gasteiger charge is 2.26. The van der Waals surface area contributed by atoms with Crippen LogP contribution in [0.5, 0.6) is 5.75 Å². The highest BCUT2D eigenvalue weighted by Crippen LogP contribution is 2.42. The summed E-state index contributed by atoms with van der Waals surface area (Å²) >= 11 is 0. The van der Waals surface area contributed by atoms with E-state index < -0.39 is 19.2 Å². The largest absolute Gasteiger partial charge is 0.490 e. The minimum Gasteiger partial charge on any atom is -0.490 e. The van der Waals surface area contributed by atoms with Crippen molar-refractivity contribution in [3.63, 3.8) is 0 Å². The average Bonchev–Trinajstić information content (AvgIpc) is 2.77. The molecule has 1 unspecified atom stereocenters. The maximum absolute atomic E-state index is 14.7. The SMILES string of the molecule is CCCCCC1CCC(c2ccc(OCCCCP(=O)(NO)OCC)c(F)c2F)CC1. The number of hydrogen-bond acceptors (Lipinski definition) is 4. The molecule has 1 fully saturated rings. The lowest BCUT2D eigenvalue weighted by atomic mass is 9.77. The Bertz CT molecular complexity index is 711. The summed E-state index contributed by atoms with van der Waals surface area (Å²) in [4.78, 5) is 0. The molecule has 0 radical (unpaired) electrons. The van der Waals surface area contributed by atoms with E-state index in [0.717, 1.165) is 31.6 Å². The molecule has 1 aliphatic carbocycles. The maximum Gasteiger partial charge on any atom is 0.292 e. The zero-order valence-corrected chi connectivity index (χ0v) is 19.8. The van der Waals surface area contributed by atoms with Crippen molar-refractivity contribution in [1.29, 1.82) is 0 Å². The molecule has 0 saturated heterocycles. The summed E-state index contributed by atoms with van der Waals surface area (Å²) in [6.45, 7) is 4.28. The summed E-state index contributed by atoms with van der Waals surface area (Å²) in [6.07, 6.45) is 10.1. The molecule has 0 heterocycles. The van der Waals surface area contributed by atoms with Gasteiger partial charge in [0.1, 0.15) is 0 Å². The van der Waals surface area contributed by atoms with E-state index >= 15 is 0 Å². The van der Waals surface area contributed by atoms with Crippen LogP contribution >= 0.6 is 7.52 Å². The van der Waals surface area contributed by atoms with Gasteiger partial charge in [-0.1, -0.05) is 38.7 Å². The van der Waals surface area contributed by atoms with Gasteiger partial charge in [0.05, 0.1) is 13.2 Å². The quantitative estimate of drug-likeness (QED) is 0.174. The smallest absolute Gasteiger partial charge is 0.292 e. The van der Waals surface area contributed by atoms with Gasteiger partial charge in [0.2, 0.25) is 5.82 Å². The van der Waals surface area contributed by atoms with Crippen LogP contribution in [0.4, 0.5) is 8.78 Å². The molecule has 5 nitrogen and oxygen atoms in total. The monoisotopic (exact) mass is 461 g/mol. The number of rotatable bonds is 14. The van der Waals surface area contributed by atoms with Crippen LogP contribution in [0.2, 0.25) is 0 Å². The standard InChI is InChI=1S/C23H38F2NO4P/c1-3-5-6-9-18-10-12-19(13-11-18)20-14-15-21(23(25)22(20)24)29-16-7-8-17-31(28,26-27)30-4-2/h14-15,18-19,27H,3-13,16-17H2,1-2H3,(H,26,28). The first-order valence-electron chi connectivity index (χ1n) is 11.7. The lowest BCUT2D eigenvalue weighted by Gasteiger charge is -2.29. The normalized spacial score (nSPS) is 21.1. The van der Waals surface area contributed by atoms with E-state index in [4.69, 9.17) is 14.5 Å². The Morgan fingerprint density at radius 1 is 1.06 bits per heavy atom. The molecule has 0 amide bonds. The third kappa shape index (κ3) is 8.12. The van der Waals surface area contributed by atoms with E-state index in [1.165, 1.54) is 31.7 Å². The lowest BCUT2D eigenvalue weighted by molar-refractivity contribution is 0.201. The van der Waals surface area contributed by atoms with Gasteiger partial charge in [0.15, 0.2) is 11.6 Å². The molecule has 2 rings (SSSR count). The van der Waals surface area contributed by atoms with Gasteiger partial charge in [-0.3, -0.25) is 4.57 Å². The number of hydrogen-bond donors (Lipinski definition) is 2. The van der Waals surface area contributed by atoms with Crippen LogP contribution in [-0.4, -0.2) is 24.6 Å². The summed E-state index contributed by atoms with van der Waals surface area (Å²) in [5.74, 6) is -1.03. The molecule has 2 N–H and O–H groups in total. The summed E-state index contributed by atoms with van der Waals surface area (Å²) in [5, 5.41) is 10.7. The fourth-order valence-corrected chi connectivity index (χ4v) is 5.72. The second-order valence-corrected chi connectivity index (χ2v) is 10.7. The van der Waals surface area contributed by atoms with Crippen molar-refractivity contribution >= 4 is 7.52 Å². The number of unbranched alkanes of at least 4 members (excludes halogenated alkanes) is 3. The van der Waals surface area contributed by atoms with E-state index in [1.807, 2.05) is 0 Å². The van der Waals surface area contributed by atoms with Crippen LogP contribution in [0.1, 0.15) is 89.5 Å². The molecule has 0 bridgehead atoms. The Balaban J connectivity index is 1.81. The van der Waals surface area contributed by atoms with Gasteiger partial charge in [-0.15, -0.1) is 5.25 Å². The molecule has 1 aromatic rings. The molecule has 1 aliphatic rings. The first kappa shape index (κ1) is 26.2. The van der Waals surface area contributed by atoms with E-state index in [9.17, 15) is 13.3 Å². The zero-order chi connectivity index (χ0) is 22.7. The average molecular weight is 462 g/mol. The molecule has 1 saturated carbocycles. The van der Waals surface area contributed by atoms with E-state index in [2.05, 4.69) is 6.92 Å². The van der Waals surface area contributed by atoms with Crippen LogP contribution in [-0.2, 0) is 9.09 Å². The summed E-state index contributed by atoms with van der Waals surface area (Å²) in [7, 11) is -3.25. The van der Waals surface area contributed by atoms with Crippen LogP contribution in [0, 0.1) is 17.6 Å². The molecule has 178 valence electrons. The fourth-order valence-electron chi connectivity index (χ4n) is 4.37. The number of benzene rings is 1. The highest BCUT2D eigenvalue weighted by molar-refractivity contribution is 7.56. The van der Waals surface area contributed by atoms with E-state index in [0.29, 0.717) is 18.4 Å². The molecule has 1 atom stereocenters. The second kappa shape index (κ2) is 13.5. The van der Waals surface area contributed by atoms with Crippen LogP contribution in [0.15, 0.2) is 12.1 Å². The predicted molar refractivity (Wildman–Crippen MR) is 119 cm³/mol. The van der Waals surface area contributed by atoms with Gasteiger partial charge in [-0.25, -0.2) is 4.39 Å². The van der Waals surface area contributed by atoms with Gasteiger partial charge < -0.3 is 14.5 Å². The molecule has 0 aliphatic heterocycles. The molecule has 8 heteroatoms. The first-order chi connectivity index (χ1) is 14.9. The van der Waals surface area contributed by atoms with E-state index in [1.54, 1.807) is 18.2 Å². The minimum absolute atomic E-state index is 0.0738. The van der Waals surface area contributed by atoms with Crippen molar-refractivity contribution in [3.05, 3.63) is 29.3 Å². The predicted octanol–water partition coefficient (Wildman–Crippen LogP) is 7.19. The van der Waals surface area contributed by atoms with Gasteiger partial charge in [0.25, 0.3) is 7.52 Å². The zero-order valence-electron chi connectivity index (χ0n) is 18.9. The van der Waals surface area contributed by atoms with Crippen molar-refractivity contribution in [2.24, 2.45) is 5.92 Å². The second-order valence-electron chi connectivity index (χ2n) is 8.46. The Hall–Kier alpha value is -1.01. The van der Waals surface area contributed by atoms with Crippen molar-refractivity contribution in [2.75, 3.05) is 19.4 Å². The summed E-state index contributed by atoms with van der Waals surface area (Å²) in [5.41, 5.74) is 0.462. The fraction of sp³-hybridized carbons (Fsp3) is 0.739. The van der Waals surface area contributed by atoms with Crippen molar-refractivity contribution in [2.45, 2.75) is 84.0 Å². The Morgan fingerprint density at radius 3 is 2.45 bits per heavy atom. The molecular weight excluding hydrogens is 423 g/mol. The van der Waals surface area contributed by atoms with Gasteiger partial charge in [-0.05, 0) is 68.9 Å². The van der Waals surface area contributed by atoms with E-state index in [-0.39, 0.29) is 31.0 Å². The Labute approximate surface area is 185 Å². The molecule has 0 aromatic heterocycles. The van der Waals surface area contributed by atoms with Crippen molar-refractivity contribution < 1.29 is 27.8 Å². The molecule has 0 spiro atoms. The van der Waals surface area contributed by atoms with Crippen LogP contribution in [0.3, 0.4) is 0 Å². The number of halogens is 2. The Morgan fingerprint density at radius 2 is 1.81 bits per heavy atom.